The van der Waals surface area contributed by atoms with E-state index < -0.39 is 0 Å². The summed E-state index contributed by atoms with van der Waals surface area (Å²) in [5, 5.41) is 1.59. The second-order valence-electron chi connectivity index (χ2n) is 8.22. The maximum Gasteiger partial charge on any atom is 0.241 e. The first kappa shape index (κ1) is 27.4. The van der Waals surface area contributed by atoms with Gasteiger partial charge in [-0.2, -0.15) is 23.5 Å². The molecule has 2 unspecified atom stereocenters. The molecule has 0 radical (unpaired) electrons. The number of nitrogens with one attached hydrogen (secondary N) is 2. The highest BCUT2D eigenvalue weighted by molar-refractivity contribution is 8.76. The first-order chi connectivity index (χ1) is 13.9. The highest BCUT2D eigenvalue weighted by atomic mass is 33.1. The van der Waals surface area contributed by atoms with Crippen LogP contribution < -0.4 is 21.5 Å². The quantitative estimate of drug-likeness (QED) is 0.110. The van der Waals surface area contributed by atoms with Gasteiger partial charge in [-0.05, 0) is 42.1 Å². The SMILES string of the molecule is CC(C)SCCC[NH+]=C(N)CCSSCCC(N)=[NH+]CCSC1CCC1C(C)C. The van der Waals surface area contributed by atoms with Crippen LogP contribution in [0.2, 0.25) is 0 Å². The molecule has 6 N–H and O–H groups in total. The molecule has 1 aliphatic carbocycles. The van der Waals surface area contributed by atoms with Gasteiger partial charge in [0.25, 0.3) is 0 Å². The smallest absolute Gasteiger partial charge is 0.241 e. The zero-order valence-electron chi connectivity index (χ0n) is 18.9. The third-order valence-corrected chi connectivity index (χ3v) is 10.1. The summed E-state index contributed by atoms with van der Waals surface area (Å²) >= 11 is 4.13. The van der Waals surface area contributed by atoms with E-state index in [0.29, 0.717) is 0 Å². The topological polar surface area (TPSA) is 80.0 Å². The molecule has 4 nitrogen and oxygen atoms in total. The van der Waals surface area contributed by atoms with Gasteiger partial charge >= 0.3 is 0 Å². The minimum Gasteiger partial charge on any atom is -0.291 e. The zero-order valence-corrected chi connectivity index (χ0v) is 22.1. The van der Waals surface area contributed by atoms with Crippen LogP contribution in [0.25, 0.3) is 0 Å². The molecule has 0 aromatic heterocycles. The van der Waals surface area contributed by atoms with Crippen LogP contribution in [0.4, 0.5) is 0 Å². The Morgan fingerprint density at radius 3 is 2.00 bits per heavy atom. The number of hydrogen-bond donors (Lipinski definition) is 4. The van der Waals surface area contributed by atoms with E-state index in [1.165, 1.54) is 25.0 Å². The number of rotatable bonds is 17. The molecule has 2 atom stereocenters. The molecule has 1 fully saturated rings. The average Bonchev–Trinajstić information content (AvgIpc) is 2.62. The Morgan fingerprint density at radius 1 is 0.862 bits per heavy atom. The predicted octanol–water partition coefficient (Wildman–Crippen LogP) is 1.72. The van der Waals surface area contributed by atoms with Crippen LogP contribution in [-0.4, -0.2) is 58.3 Å². The van der Waals surface area contributed by atoms with Crippen molar-refractivity contribution >= 4 is 56.8 Å². The highest BCUT2D eigenvalue weighted by Crippen LogP contribution is 2.41. The minimum atomic E-state index is 0.718. The van der Waals surface area contributed by atoms with E-state index in [9.17, 15) is 0 Å². The van der Waals surface area contributed by atoms with Crippen molar-refractivity contribution in [2.75, 3.05) is 36.1 Å². The summed E-state index contributed by atoms with van der Waals surface area (Å²) in [5.41, 5.74) is 12.2. The monoisotopic (exact) mass is 480 g/mol. The van der Waals surface area contributed by atoms with Gasteiger partial charge in [-0.15, -0.1) is 0 Å². The molecule has 0 amide bonds. The molecule has 1 rings (SSSR count). The Kier molecular flexibility index (Phi) is 16.0. The third-order valence-electron chi connectivity index (χ3n) is 5.02. The van der Waals surface area contributed by atoms with E-state index in [1.54, 1.807) is 0 Å². The number of nitrogens with two attached hydrogens (primary N) is 2. The van der Waals surface area contributed by atoms with Crippen LogP contribution in [0.3, 0.4) is 0 Å². The van der Waals surface area contributed by atoms with Gasteiger partial charge in [0.15, 0.2) is 0 Å². The van der Waals surface area contributed by atoms with Crippen molar-refractivity contribution < 1.29 is 9.98 Å². The standard InChI is InChI=1S/C21H42N4S4/c1-16(2)18-6-7-19(18)27-15-11-25-21(23)9-14-29-28-13-8-20(22)24-10-5-12-26-17(3)4/h16-19H,5-15H2,1-4H3,(H2,22,24)(H2,23,25)/p+2. The molecule has 29 heavy (non-hydrogen) atoms. The van der Waals surface area contributed by atoms with Gasteiger partial charge in [0.2, 0.25) is 11.7 Å². The van der Waals surface area contributed by atoms with E-state index in [1.807, 2.05) is 33.3 Å². The molecule has 0 aromatic rings. The summed E-state index contributed by atoms with van der Waals surface area (Å²) in [6.45, 7) is 11.2. The highest BCUT2D eigenvalue weighted by Gasteiger charge is 2.32. The summed E-state index contributed by atoms with van der Waals surface area (Å²) in [4.78, 5) is 6.74. The maximum absolute atomic E-state index is 6.11. The molecule has 0 heterocycles. The van der Waals surface area contributed by atoms with Crippen molar-refractivity contribution in [3.63, 3.8) is 0 Å². The maximum atomic E-state index is 6.11. The lowest BCUT2D eigenvalue weighted by Gasteiger charge is -2.39. The van der Waals surface area contributed by atoms with Gasteiger partial charge in [-0.3, -0.25) is 21.5 Å². The molecule has 1 saturated carbocycles. The van der Waals surface area contributed by atoms with Crippen LogP contribution in [0.5, 0.6) is 0 Å². The van der Waals surface area contributed by atoms with Crippen molar-refractivity contribution in [1.29, 1.82) is 0 Å². The lowest BCUT2D eigenvalue weighted by Crippen LogP contribution is -2.76. The molecule has 170 valence electrons. The lowest BCUT2D eigenvalue weighted by molar-refractivity contribution is -0.459. The fourth-order valence-electron chi connectivity index (χ4n) is 3.12. The number of thioether (sulfide) groups is 2. The fourth-order valence-corrected chi connectivity index (χ4v) is 7.48. The molecule has 1 aliphatic rings. The second-order valence-corrected chi connectivity index (χ2v) is 13.9. The number of amidine groups is 2. The lowest BCUT2D eigenvalue weighted by atomic mass is 9.77. The molecular weight excluding hydrogens is 437 g/mol. The van der Waals surface area contributed by atoms with E-state index in [2.05, 4.69) is 49.4 Å². The Morgan fingerprint density at radius 2 is 1.48 bits per heavy atom. The number of hydrogen-bond acceptors (Lipinski definition) is 4. The van der Waals surface area contributed by atoms with Crippen LogP contribution in [0, 0.1) is 11.8 Å². The van der Waals surface area contributed by atoms with Gasteiger partial charge in [-0.1, -0.05) is 49.3 Å². The van der Waals surface area contributed by atoms with E-state index in [-0.39, 0.29) is 0 Å². The van der Waals surface area contributed by atoms with Gasteiger partial charge in [0.05, 0.1) is 25.9 Å². The molecule has 0 spiro atoms. The second kappa shape index (κ2) is 17.0. The fraction of sp³-hybridized carbons (Fsp3) is 0.905. The zero-order chi connectivity index (χ0) is 21.5. The van der Waals surface area contributed by atoms with E-state index in [4.69, 9.17) is 11.5 Å². The van der Waals surface area contributed by atoms with Crippen molar-refractivity contribution in [2.45, 2.75) is 70.3 Å². The summed E-state index contributed by atoms with van der Waals surface area (Å²) in [6, 6.07) is 0. The van der Waals surface area contributed by atoms with E-state index >= 15 is 0 Å². The summed E-state index contributed by atoms with van der Waals surface area (Å²) < 4.78 is 0. The third kappa shape index (κ3) is 14.1. The Balaban J connectivity index is 1.95. The summed E-state index contributed by atoms with van der Waals surface area (Å²) in [7, 11) is 3.78. The van der Waals surface area contributed by atoms with Crippen molar-refractivity contribution in [2.24, 2.45) is 23.3 Å². The molecule has 0 aromatic carbocycles. The average molecular weight is 481 g/mol. The van der Waals surface area contributed by atoms with Crippen LogP contribution in [0.1, 0.15) is 59.8 Å². The molecule has 0 bridgehead atoms. The van der Waals surface area contributed by atoms with Gasteiger partial charge in [0.1, 0.15) is 0 Å². The Hall–Kier alpha value is 0.340. The van der Waals surface area contributed by atoms with Crippen molar-refractivity contribution in [3.8, 4) is 0 Å². The van der Waals surface area contributed by atoms with Gasteiger partial charge < -0.3 is 0 Å². The normalized spacial score (nSPS) is 20.5. The Labute approximate surface area is 195 Å². The van der Waals surface area contributed by atoms with Crippen molar-refractivity contribution in [3.05, 3.63) is 0 Å². The Bertz CT molecular complexity index is 483. The minimum absolute atomic E-state index is 0.718. The van der Waals surface area contributed by atoms with Gasteiger partial charge in [-0.25, -0.2) is 0 Å². The molecule has 0 aliphatic heterocycles. The summed E-state index contributed by atoms with van der Waals surface area (Å²) in [5.74, 6) is 8.07. The van der Waals surface area contributed by atoms with Crippen molar-refractivity contribution in [1.82, 2.24) is 0 Å². The van der Waals surface area contributed by atoms with Crippen LogP contribution in [0.15, 0.2) is 0 Å². The molecule has 8 heteroatoms. The van der Waals surface area contributed by atoms with E-state index in [0.717, 1.165) is 77.2 Å². The van der Waals surface area contributed by atoms with Gasteiger partial charge in [0, 0.05) is 22.5 Å². The first-order valence-electron chi connectivity index (χ1n) is 11.1. The van der Waals surface area contributed by atoms with Crippen LogP contribution in [-0.2, 0) is 0 Å². The molecular formula is C21H44N4S4+2. The largest absolute Gasteiger partial charge is 0.291 e. The first-order valence-corrected chi connectivity index (χ1v) is 15.7. The molecule has 0 saturated heterocycles. The van der Waals surface area contributed by atoms with Crippen LogP contribution >= 0.6 is 45.1 Å². The summed E-state index contributed by atoms with van der Waals surface area (Å²) in [6.07, 6.45) is 5.86. The predicted molar refractivity (Wildman–Crippen MR) is 140 cm³/mol.